The number of ether oxygens (including phenoxy) is 3. The Morgan fingerprint density at radius 3 is 2.45 bits per heavy atom. The van der Waals surface area contributed by atoms with E-state index in [4.69, 9.17) is 24.0 Å². The van der Waals surface area contributed by atoms with Gasteiger partial charge in [0, 0.05) is 46.3 Å². The molecule has 11 unspecified atom stereocenters. The van der Waals surface area contributed by atoms with Gasteiger partial charge >= 0.3 is 7.67 Å². The number of piperidine rings is 1. The van der Waals surface area contributed by atoms with Crippen molar-refractivity contribution >= 4 is 42.2 Å². The van der Waals surface area contributed by atoms with Gasteiger partial charge in [0.15, 0.2) is 18.0 Å². The minimum atomic E-state index is -3.97. The molecule has 1 aromatic carbocycles. The second kappa shape index (κ2) is 22.1. The minimum Gasteiger partial charge on any atom is -0.418 e. The monoisotopic (exact) mass is 929 g/mol. The maximum atomic E-state index is 14.9. The van der Waals surface area contributed by atoms with Crippen LogP contribution in [0, 0.1) is 17.2 Å². The van der Waals surface area contributed by atoms with E-state index in [0.29, 0.717) is 55.0 Å². The van der Waals surface area contributed by atoms with E-state index in [-0.39, 0.29) is 37.4 Å². The van der Waals surface area contributed by atoms with Crippen LogP contribution in [0.25, 0.3) is 11.0 Å². The summed E-state index contributed by atoms with van der Waals surface area (Å²) in [5.41, 5.74) is 0.331. The Labute approximate surface area is 376 Å². The molecule has 65 heavy (non-hydrogen) atoms. The number of aliphatic hydroxyl groups is 5. The molecule has 0 saturated carbocycles. The van der Waals surface area contributed by atoms with Crippen molar-refractivity contribution in [1.29, 1.82) is 5.26 Å². The minimum absolute atomic E-state index is 0.0508. The van der Waals surface area contributed by atoms with Crippen molar-refractivity contribution in [2.75, 3.05) is 44.7 Å². The molecule has 6 rings (SSSR count). The fraction of sp³-hybridized carbons (Fsp3) is 0.619. The van der Waals surface area contributed by atoms with Crippen molar-refractivity contribution in [2.24, 2.45) is 5.92 Å². The molecule has 3 aliphatic heterocycles. The Balaban J connectivity index is 1.10. The number of rotatable bonds is 18. The summed E-state index contributed by atoms with van der Waals surface area (Å²) in [6.07, 6.45) is -9.22. The number of aliphatic hydroxyl groups excluding tert-OH is 5. The SMILES string of the molecule is CCC1OC(CO)C(O)C(OC2OC(C(=O)NCCCCNP(=O)(Oc3ccccc3)n3ccc4c(N(C)[C@H]5CN(C(=O)CC#N)CC[C@H]5C)ncnc43)C(O)C(O)C2O)C1NC(C)=O. The quantitative estimate of drug-likeness (QED) is 0.0604. The van der Waals surface area contributed by atoms with Crippen LogP contribution < -0.4 is 25.1 Å². The first kappa shape index (κ1) is 49.6. The molecular weight excluding hydrogens is 869 g/mol. The number of aromatic nitrogens is 3. The van der Waals surface area contributed by atoms with Gasteiger partial charge in [-0.05, 0) is 49.8 Å². The van der Waals surface area contributed by atoms with Crippen LogP contribution in [0.1, 0.15) is 52.9 Å². The Bertz CT molecular complexity index is 2180. The molecular formula is C42H60N9O13P. The molecule has 3 aliphatic rings. The zero-order chi connectivity index (χ0) is 47.0. The van der Waals surface area contributed by atoms with Crippen molar-refractivity contribution < 1.29 is 63.2 Å². The summed E-state index contributed by atoms with van der Waals surface area (Å²) in [7, 11) is -2.09. The number of nitriles is 1. The lowest BCUT2D eigenvalue weighted by Gasteiger charge is -2.47. The third kappa shape index (κ3) is 11.3. The molecule has 3 fully saturated rings. The summed E-state index contributed by atoms with van der Waals surface area (Å²) in [4.78, 5) is 50.8. The first-order valence-corrected chi connectivity index (χ1v) is 23.3. The number of amides is 3. The topological polar surface area (TPSA) is 303 Å². The number of nitrogens with zero attached hydrogens (tertiary/aromatic N) is 6. The lowest BCUT2D eigenvalue weighted by molar-refractivity contribution is -0.324. The van der Waals surface area contributed by atoms with E-state index in [0.717, 1.165) is 6.42 Å². The van der Waals surface area contributed by atoms with E-state index in [1.165, 1.54) is 17.6 Å². The first-order chi connectivity index (χ1) is 31.1. The largest absolute Gasteiger partial charge is 0.425 e. The van der Waals surface area contributed by atoms with E-state index >= 15 is 0 Å². The third-order valence-electron chi connectivity index (χ3n) is 12.1. The maximum Gasteiger partial charge on any atom is 0.425 e. The predicted octanol–water partition coefficient (Wildman–Crippen LogP) is -0.233. The second-order valence-corrected chi connectivity index (χ2v) is 18.5. The summed E-state index contributed by atoms with van der Waals surface area (Å²) in [6.45, 7) is 5.68. The van der Waals surface area contributed by atoms with Crippen molar-refractivity contribution in [1.82, 2.24) is 34.9 Å². The fourth-order valence-electron chi connectivity index (χ4n) is 8.53. The van der Waals surface area contributed by atoms with Gasteiger partial charge in [-0.2, -0.15) is 5.26 Å². The number of anilines is 1. The van der Waals surface area contributed by atoms with Crippen LogP contribution in [-0.2, 0) is 33.2 Å². The van der Waals surface area contributed by atoms with Crippen LogP contribution in [0.2, 0.25) is 0 Å². The lowest BCUT2D eigenvalue weighted by atomic mass is 9.90. The standard InChI is InChI=1S/C42H60N9O13P/c1-5-29-32(48-25(3)53)37(33(55)30(22-52)61-29)62-42-36(58)34(56)35(57)38(63-42)41(59)44-17-9-10-18-47-65(60,64-26-11-7-6-8-12-26)51-20-15-27-39(45-23-46-40(27)51)49(4)28-21-50(19-14-24(28)2)31(54)13-16-43/h6-8,11-12,15,20,23-24,28-30,32-38,42,52,55-58H,5,9-10,13-14,17-19,21-22H2,1-4H3,(H,44,59)(H,47,60)(H,48,53)/t24-,28+,29?,30?,32?,33?,34?,35?,36?,37?,38?,42?,65?/m1/s1. The zero-order valence-electron chi connectivity index (χ0n) is 36.8. The molecule has 3 saturated heterocycles. The number of nitrogens with one attached hydrogen (secondary N) is 3. The molecule has 2 aromatic heterocycles. The van der Waals surface area contributed by atoms with E-state index < -0.39 is 87.3 Å². The Hall–Kier alpha value is -4.79. The van der Waals surface area contributed by atoms with Gasteiger partial charge in [-0.1, -0.05) is 32.0 Å². The molecule has 3 aromatic rings. The number of fused-ring (bicyclic) bond motifs is 1. The molecule has 356 valence electrons. The molecule has 8 N–H and O–H groups in total. The van der Waals surface area contributed by atoms with Crippen LogP contribution in [0.4, 0.5) is 5.82 Å². The highest BCUT2D eigenvalue weighted by Crippen LogP contribution is 2.47. The molecule has 0 aliphatic carbocycles. The van der Waals surface area contributed by atoms with Crippen molar-refractivity contribution in [3.63, 3.8) is 0 Å². The van der Waals surface area contributed by atoms with Gasteiger partial charge in [-0.25, -0.2) is 24.0 Å². The summed E-state index contributed by atoms with van der Waals surface area (Å²) < 4.78 is 39.9. The summed E-state index contributed by atoms with van der Waals surface area (Å²) in [5, 5.41) is 71.3. The van der Waals surface area contributed by atoms with E-state index in [9.17, 15) is 44.5 Å². The summed E-state index contributed by atoms with van der Waals surface area (Å²) in [5.74, 6) is -0.449. The summed E-state index contributed by atoms with van der Waals surface area (Å²) in [6, 6.07) is 11.2. The molecule has 22 nitrogen and oxygen atoms in total. The summed E-state index contributed by atoms with van der Waals surface area (Å²) >= 11 is 0. The van der Waals surface area contributed by atoms with Gasteiger partial charge in [0.2, 0.25) is 11.8 Å². The van der Waals surface area contributed by atoms with E-state index in [2.05, 4.69) is 32.6 Å². The second-order valence-electron chi connectivity index (χ2n) is 16.6. The van der Waals surface area contributed by atoms with Gasteiger partial charge < -0.3 is 64.7 Å². The average molecular weight is 930 g/mol. The number of hydrogen-bond donors (Lipinski definition) is 8. The number of benzene rings is 1. The lowest BCUT2D eigenvalue weighted by Crippen LogP contribution is -2.68. The molecule has 23 heteroatoms. The Kier molecular flexibility index (Phi) is 16.9. The van der Waals surface area contributed by atoms with Crippen molar-refractivity contribution in [3.05, 3.63) is 48.9 Å². The van der Waals surface area contributed by atoms with Gasteiger partial charge in [0.05, 0.1) is 36.2 Å². The van der Waals surface area contributed by atoms with E-state index in [1.54, 1.807) is 54.4 Å². The molecule has 0 bridgehead atoms. The third-order valence-corrected chi connectivity index (χ3v) is 14.1. The van der Waals surface area contributed by atoms with Gasteiger partial charge in [0.25, 0.3) is 5.91 Å². The zero-order valence-corrected chi connectivity index (χ0v) is 37.6. The predicted molar refractivity (Wildman–Crippen MR) is 232 cm³/mol. The number of likely N-dealkylation sites (N-methyl/N-ethyl adjacent to an activating group) is 1. The van der Waals surface area contributed by atoms with E-state index in [1.807, 2.05) is 18.0 Å². The number of carbonyl (C=O) groups is 3. The van der Waals surface area contributed by atoms with Crippen LogP contribution >= 0.6 is 7.67 Å². The number of unbranched alkanes of at least 4 members (excludes halogenated alkanes) is 1. The number of hydrogen-bond acceptors (Lipinski definition) is 17. The number of likely N-dealkylation sites (tertiary alicyclic amines) is 1. The number of para-hydroxylation sites is 1. The van der Waals surface area contributed by atoms with Crippen LogP contribution in [0.3, 0.4) is 0 Å². The van der Waals surface area contributed by atoms with Crippen LogP contribution in [0.15, 0.2) is 48.9 Å². The maximum absolute atomic E-state index is 14.9. The average Bonchev–Trinajstić information content (AvgIpc) is 3.74. The molecule has 0 radical (unpaired) electrons. The number of carbonyl (C=O) groups excluding carboxylic acids is 3. The van der Waals surface area contributed by atoms with Gasteiger partial charge in [-0.15, -0.1) is 0 Å². The Morgan fingerprint density at radius 2 is 1.75 bits per heavy atom. The molecule has 0 spiro atoms. The fourth-order valence-corrected chi connectivity index (χ4v) is 10.3. The van der Waals surface area contributed by atoms with Gasteiger partial charge in [0.1, 0.15) is 60.9 Å². The normalized spacial score (nSPS) is 30.2. The first-order valence-electron chi connectivity index (χ1n) is 21.8. The van der Waals surface area contributed by atoms with Gasteiger partial charge in [-0.3, -0.25) is 14.4 Å². The highest BCUT2D eigenvalue weighted by molar-refractivity contribution is 7.55. The van der Waals surface area contributed by atoms with Crippen molar-refractivity contribution in [3.8, 4) is 11.8 Å². The highest BCUT2D eigenvalue weighted by atomic mass is 31.2. The van der Waals surface area contributed by atoms with Crippen LogP contribution in [-0.4, -0.2) is 169 Å². The van der Waals surface area contributed by atoms with Crippen molar-refractivity contribution in [2.45, 2.75) is 120 Å². The molecule has 3 amide bonds. The molecule has 5 heterocycles. The Morgan fingerprint density at radius 1 is 1.02 bits per heavy atom. The van der Waals surface area contributed by atoms with Crippen LogP contribution in [0.5, 0.6) is 5.75 Å². The molecule has 13 atom stereocenters. The smallest absolute Gasteiger partial charge is 0.418 e. The highest BCUT2D eigenvalue weighted by Gasteiger charge is 2.52.